The van der Waals surface area contributed by atoms with Gasteiger partial charge in [-0.15, -0.1) is 0 Å². The van der Waals surface area contributed by atoms with E-state index >= 15 is 0 Å². The summed E-state index contributed by atoms with van der Waals surface area (Å²) in [5.74, 6) is 0.130. The topological polar surface area (TPSA) is 151 Å². The number of phosphoric ester groups is 1. The predicted molar refractivity (Wildman–Crippen MR) is 129 cm³/mol. The summed E-state index contributed by atoms with van der Waals surface area (Å²) in [7, 11) is -3.61. The van der Waals surface area contributed by atoms with Crippen LogP contribution in [0.2, 0.25) is 0 Å². The van der Waals surface area contributed by atoms with Crippen LogP contribution in [-0.4, -0.2) is 41.5 Å². The van der Waals surface area contributed by atoms with Crippen LogP contribution < -0.4 is 20.0 Å². The Morgan fingerprint density at radius 2 is 2.14 bits per heavy atom. The lowest BCUT2D eigenvalue weighted by atomic mass is 10.1. The zero-order valence-electron chi connectivity index (χ0n) is 20.0. The van der Waals surface area contributed by atoms with Gasteiger partial charge in [0, 0.05) is 42.7 Å². The number of amides is 2. The van der Waals surface area contributed by atoms with Crippen molar-refractivity contribution < 1.29 is 32.9 Å². The van der Waals surface area contributed by atoms with E-state index in [0.717, 1.165) is 21.4 Å². The van der Waals surface area contributed by atoms with E-state index in [1.54, 1.807) is 26.1 Å². The van der Waals surface area contributed by atoms with Crippen molar-refractivity contribution in [2.24, 2.45) is 0 Å². The zero-order valence-corrected chi connectivity index (χ0v) is 20.9. The molecule has 1 N–H and O–H groups in total. The standard InChI is InChI=1S/C24H27N4O7P/c1-15-10-23(30)28(14-34-36(31,32)33)24-19(26-15)11-17(12-25-24)8-9-22(29)27(3)13-21-16(2)18-6-4-5-7-20(18)35-21/h4-9,11-12,15,26H,10,13-14H2,1-3H3,(H2,31,32,33)/p-2/b9-8+/t15-/m1/s1. The maximum absolute atomic E-state index is 12.7. The van der Waals surface area contributed by atoms with Crippen molar-refractivity contribution in [3.63, 3.8) is 0 Å². The minimum atomic E-state index is -5.28. The fourth-order valence-electron chi connectivity index (χ4n) is 3.92. The molecule has 1 aliphatic rings. The van der Waals surface area contributed by atoms with Crippen molar-refractivity contribution in [1.82, 2.24) is 9.88 Å². The van der Waals surface area contributed by atoms with Gasteiger partial charge in [0.1, 0.15) is 18.1 Å². The van der Waals surface area contributed by atoms with E-state index in [9.17, 15) is 23.9 Å². The first-order valence-electron chi connectivity index (χ1n) is 11.2. The monoisotopic (exact) mass is 512 g/mol. The van der Waals surface area contributed by atoms with Crippen LogP contribution >= 0.6 is 7.82 Å². The average molecular weight is 512 g/mol. The number of aromatic nitrogens is 1. The largest absolute Gasteiger partial charge is 0.790 e. The predicted octanol–water partition coefficient (Wildman–Crippen LogP) is 2.15. The third-order valence-corrected chi connectivity index (χ3v) is 6.22. The summed E-state index contributed by atoms with van der Waals surface area (Å²) in [6, 6.07) is 9.07. The Hall–Kier alpha value is -3.50. The van der Waals surface area contributed by atoms with E-state index in [1.807, 2.05) is 31.2 Å². The molecule has 1 aliphatic heterocycles. The second-order valence-corrected chi connectivity index (χ2v) is 9.74. The van der Waals surface area contributed by atoms with E-state index in [2.05, 4.69) is 14.8 Å². The van der Waals surface area contributed by atoms with Crippen molar-refractivity contribution >= 4 is 48.2 Å². The number of hydrogen-bond donors (Lipinski definition) is 1. The van der Waals surface area contributed by atoms with Gasteiger partial charge in [-0.1, -0.05) is 18.2 Å². The Balaban J connectivity index is 1.49. The van der Waals surface area contributed by atoms with Crippen LogP contribution in [0.15, 0.2) is 47.0 Å². The molecule has 3 heterocycles. The number of carbonyl (C=O) groups is 2. The normalized spacial score (nSPS) is 16.2. The number of nitrogens with zero attached hydrogens (tertiary/aromatic N) is 3. The molecule has 1 aromatic carbocycles. The van der Waals surface area contributed by atoms with E-state index in [-0.39, 0.29) is 24.2 Å². The number of anilines is 2. The summed E-state index contributed by atoms with van der Waals surface area (Å²) in [6.45, 7) is 3.26. The lowest BCUT2D eigenvalue weighted by Gasteiger charge is -2.31. The molecule has 0 saturated heterocycles. The number of likely N-dealkylation sites (N-methyl/N-ethyl adjacent to an activating group) is 1. The Bertz CT molecular complexity index is 1380. The molecule has 3 aromatic rings. The summed E-state index contributed by atoms with van der Waals surface area (Å²) in [5, 5.41) is 4.14. The number of aryl methyl sites for hydroxylation is 1. The number of benzene rings is 1. The molecule has 0 saturated carbocycles. The van der Waals surface area contributed by atoms with Crippen LogP contribution in [0.4, 0.5) is 11.5 Å². The zero-order chi connectivity index (χ0) is 26.0. The SMILES string of the molecule is Cc1c(CN(C)C(=O)/C=C/c2cnc3c(c2)N[C@H](C)CC(=O)N3COP(=O)([O-])[O-])oc2ccccc12. The molecular weight excluding hydrogens is 487 g/mol. The van der Waals surface area contributed by atoms with Crippen molar-refractivity contribution in [2.75, 3.05) is 24.0 Å². The lowest BCUT2D eigenvalue weighted by molar-refractivity contribution is -0.341. The van der Waals surface area contributed by atoms with Crippen molar-refractivity contribution in [1.29, 1.82) is 0 Å². The van der Waals surface area contributed by atoms with Crippen LogP contribution in [0, 0.1) is 6.92 Å². The minimum Gasteiger partial charge on any atom is -0.790 e. The molecule has 0 radical (unpaired) electrons. The van der Waals surface area contributed by atoms with Gasteiger partial charge in [0.05, 0.1) is 20.1 Å². The number of hydrogen-bond acceptors (Lipinski definition) is 9. The average Bonchev–Trinajstić information content (AvgIpc) is 3.06. The Labute approximate surface area is 207 Å². The highest BCUT2D eigenvalue weighted by Gasteiger charge is 2.27. The summed E-state index contributed by atoms with van der Waals surface area (Å²) >= 11 is 0. The first kappa shape index (κ1) is 25.6. The molecule has 1 atom stereocenters. The Morgan fingerprint density at radius 1 is 1.39 bits per heavy atom. The van der Waals surface area contributed by atoms with E-state index in [1.165, 1.54) is 17.2 Å². The maximum Gasteiger partial charge on any atom is 0.246 e. The van der Waals surface area contributed by atoms with Gasteiger partial charge < -0.3 is 33.5 Å². The first-order chi connectivity index (χ1) is 17.0. The summed E-state index contributed by atoms with van der Waals surface area (Å²) in [5.41, 5.74) is 2.76. The van der Waals surface area contributed by atoms with Crippen LogP contribution in [0.5, 0.6) is 0 Å². The van der Waals surface area contributed by atoms with Gasteiger partial charge in [-0.25, -0.2) is 4.98 Å². The van der Waals surface area contributed by atoms with E-state index in [0.29, 0.717) is 23.6 Å². The van der Waals surface area contributed by atoms with Crippen molar-refractivity contribution in [3.05, 3.63) is 59.5 Å². The number of carbonyl (C=O) groups excluding carboxylic acids is 2. The Kier molecular flexibility index (Phi) is 7.28. The molecule has 36 heavy (non-hydrogen) atoms. The van der Waals surface area contributed by atoms with Crippen LogP contribution in [0.25, 0.3) is 17.0 Å². The summed E-state index contributed by atoms with van der Waals surface area (Å²) in [6.07, 6.45) is 4.45. The first-order valence-corrected chi connectivity index (χ1v) is 12.6. The maximum atomic E-state index is 12.7. The second kappa shape index (κ2) is 10.2. The number of para-hydroxylation sites is 1. The number of pyridine rings is 1. The molecule has 11 nitrogen and oxygen atoms in total. The van der Waals surface area contributed by atoms with Gasteiger partial charge in [-0.05, 0) is 37.6 Å². The molecule has 190 valence electrons. The number of furan rings is 1. The third kappa shape index (κ3) is 5.83. The molecule has 0 spiro atoms. The molecular formula is C24H25N4O7P-2. The molecule has 0 unspecified atom stereocenters. The third-order valence-electron chi connectivity index (χ3n) is 5.79. The number of fused-ring (bicyclic) bond motifs is 2. The number of rotatable bonds is 7. The molecule has 4 rings (SSSR count). The van der Waals surface area contributed by atoms with Crippen molar-refractivity contribution in [2.45, 2.75) is 32.9 Å². The lowest BCUT2D eigenvalue weighted by Crippen LogP contribution is -2.35. The summed E-state index contributed by atoms with van der Waals surface area (Å²) in [4.78, 5) is 53.8. The number of phosphoric acid groups is 1. The molecule has 2 amide bonds. The molecule has 0 fully saturated rings. The highest BCUT2D eigenvalue weighted by molar-refractivity contribution is 7.43. The summed E-state index contributed by atoms with van der Waals surface area (Å²) < 4.78 is 21.1. The molecule has 12 heteroatoms. The van der Waals surface area contributed by atoms with Gasteiger partial charge in [-0.3, -0.25) is 14.5 Å². The van der Waals surface area contributed by atoms with Gasteiger partial charge >= 0.3 is 0 Å². The molecule has 2 aromatic heterocycles. The fraction of sp³-hybridized carbons (Fsp3) is 0.292. The highest BCUT2D eigenvalue weighted by atomic mass is 31.2. The van der Waals surface area contributed by atoms with Gasteiger partial charge in [0.15, 0.2) is 5.82 Å². The number of nitrogens with one attached hydrogen (secondary N) is 1. The minimum absolute atomic E-state index is 0.0391. The quantitative estimate of drug-likeness (QED) is 0.371. The fourth-order valence-corrected chi connectivity index (χ4v) is 4.18. The van der Waals surface area contributed by atoms with E-state index in [4.69, 9.17) is 4.42 Å². The van der Waals surface area contributed by atoms with Gasteiger partial charge in [0.2, 0.25) is 11.8 Å². The van der Waals surface area contributed by atoms with Crippen LogP contribution in [0.3, 0.4) is 0 Å². The smallest absolute Gasteiger partial charge is 0.246 e. The highest BCUT2D eigenvalue weighted by Crippen LogP contribution is 2.32. The second-order valence-electron chi connectivity index (χ2n) is 8.59. The Morgan fingerprint density at radius 3 is 2.86 bits per heavy atom. The van der Waals surface area contributed by atoms with E-state index < -0.39 is 20.5 Å². The van der Waals surface area contributed by atoms with Crippen LogP contribution in [-0.2, 0) is 25.2 Å². The van der Waals surface area contributed by atoms with Gasteiger partial charge in [-0.2, -0.15) is 0 Å². The molecule has 0 aliphatic carbocycles. The van der Waals surface area contributed by atoms with Crippen molar-refractivity contribution in [3.8, 4) is 0 Å². The van der Waals surface area contributed by atoms with Gasteiger partial charge in [0.25, 0.3) is 0 Å². The van der Waals surface area contributed by atoms with Crippen LogP contribution in [0.1, 0.15) is 30.2 Å². The molecule has 0 bridgehead atoms.